The number of aryl methyl sites for hydroxylation is 1. The van der Waals surface area contributed by atoms with E-state index in [4.69, 9.17) is 17.3 Å². The Kier molecular flexibility index (Phi) is 3.40. The largest absolute Gasteiger partial charge is 0.331 e. The maximum Gasteiger partial charge on any atom is 0.114 e. The first-order valence-electron chi connectivity index (χ1n) is 5.86. The fourth-order valence-electron chi connectivity index (χ4n) is 2.19. The summed E-state index contributed by atoms with van der Waals surface area (Å²) in [6, 6.07) is 5.77. The van der Waals surface area contributed by atoms with Crippen LogP contribution in [0.2, 0.25) is 5.02 Å². The summed E-state index contributed by atoms with van der Waals surface area (Å²) in [6.45, 7) is 4.95. The van der Waals surface area contributed by atoms with Crippen LogP contribution in [0.25, 0.3) is 11.0 Å². The van der Waals surface area contributed by atoms with E-state index in [0.29, 0.717) is 12.5 Å². The number of aromatic nitrogens is 2. The van der Waals surface area contributed by atoms with Gasteiger partial charge >= 0.3 is 0 Å². The smallest absolute Gasteiger partial charge is 0.114 e. The molecule has 92 valence electrons. The predicted molar refractivity (Wildman–Crippen MR) is 72.4 cm³/mol. The van der Waals surface area contributed by atoms with Crippen LogP contribution in [0, 0.1) is 5.92 Å². The van der Waals surface area contributed by atoms with E-state index >= 15 is 0 Å². The van der Waals surface area contributed by atoms with Gasteiger partial charge < -0.3 is 10.3 Å². The van der Waals surface area contributed by atoms with Gasteiger partial charge in [-0.05, 0) is 24.1 Å². The van der Waals surface area contributed by atoms with E-state index in [1.165, 1.54) is 0 Å². The van der Waals surface area contributed by atoms with Crippen molar-refractivity contribution in [2.24, 2.45) is 18.7 Å². The Labute approximate surface area is 107 Å². The number of rotatable bonds is 3. The average molecular weight is 252 g/mol. The number of imidazole rings is 1. The second kappa shape index (κ2) is 4.67. The number of halogens is 1. The maximum absolute atomic E-state index is 6.01. The molecule has 0 aliphatic carbocycles. The molecule has 0 saturated carbocycles. The van der Waals surface area contributed by atoms with Crippen molar-refractivity contribution in [2.75, 3.05) is 6.54 Å². The molecule has 2 N–H and O–H groups in total. The van der Waals surface area contributed by atoms with Crippen molar-refractivity contribution in [3.63, 3.8) is 0 Å². The molecule has 1 aromatic carbocycles. The molecule has 3 nitrogen and oxygen atoms in total. The summed E-state index contributed by atoms with van der Waals surface area (Å²) in [6.07, 6.45) is 0. The Bertz CT molecular complexity index is 531. The summed E-state index contributed by atoms with van der Waals surface area (Å²) in [5.41, 5.74) is 7.89. The van der Waals surface area contributed by atoms with E-state index in [-0.39, 0.29) is 5.92 Å². The average Bonchev–Trinajstić information content (AvgIpc) is 2.58. The quantitative estimate of drug-likeness (QED) is 0.912. The van der Waals surface area contributed by atoms with Crippen molar-refractivity contribution in [1.82, 2.24) is 9.55 Å². The zero-order valence-corrected chi connectivity index (χ0v) is 11.2. The molecule has 1 heterocycles. The number of fused-ring (bicyclic) bond motifs is 1. The lowest BCUT2D eigenvalue weighted by molar-refractivity contribution is 0.474. The van der Waals surface area contributed by atoms with Crippen molar-refractivity contribution in [3.8, 4) is 0 Å². The minimum Gasteiger partial charge on any atom is -0.331 e. The van der Waals surface area contributed by atoms with E-state index in [1.54, 1.807) is 0 Å². The number of hydrogen-bond acceptors (Lipinski definition) is 2. The Morgan fingerprint density at radius 3 is 2.71 bits per heavy atom. The third kappa shape index (κ3) is 2.17. The lowest BCUT2D eigenvalue weighted by atomic mass is 9.95. The summed E-state index contributed by atoms with van der Waals surface area (Å²) in [7, 11) is 2.02. The van der Waals surface area contributed by atoms with Crippen LogP contribution in [-0.2, 0) is 7.05 Å². The Morgan fingerprint density at radius 1 is 1.41 bits per heavy atom. The molecule has 0 fully saturated rings. The highest BCUT2D eigenvalue weighted by molar-refractivity contribution is 6.31. The van der Waals surface area contributed by atoms with Crippen molar-refractivity contribution < 1.29 is 0 Å². The van der Waals surface area contributed by atoms with Crippen LogP contribution in [0.3, 0.4) is 0 Å². The van der Waals surface area contributed by atoms with Gasteiger partial charge in [0.2, 0.25) is 0 Å². The first-order chi connectivity index (χ1) is 8.04. The van der Waals surface area contributed by atoms with Crippen LogP contribution < -0.4 is 5.73 Å². The van der Waals surface area contributed by atoms with E-state index in [9.17, 15) is 0 Å². The molecule has 17 heavy (non-hydrogen) atoms. The highest BCUT2D eigenvalue weighted by Crippen LogP contribution is 2.27. The van der Waals surface area contributed by atoms with E-state index in [0.717, 1.165) is 21.9 Å². The Hall–Kier alpha value is -1.06. The molecule has 0 saturated heterocycles. The van der Waals surface area contributed by atoms with Gasteiger partial charge in [-0.3, -0.25) is 0 Å². The predicted octanol–water partition coefficient (Wildman–Crippen LogP) is 2.93. The van der Waals surface area contributed by atoms with E-state index < -0.39 is 0 Å². The molecule has 0 aliphatic rings. The zero-order chi connectivity index (χ0) is 12.6. The second-order valence-electron chi connectivity index (χ2n) is 4.75. The fraction of sp³-hybridized carbons (Fsp3) is 0.462. The van der Waals surface area contributed by atoms with Crippen LogP contribution in [0.5, 0.6) is 0 Å². The first kappa shape index (κ1) is 12.4. The van der Waals surface area contributed by atoms with Crippen LogP contribution >= 0.6 is 11.6 Å². The van der Waals surface area contributed by atoms with Crippen molar-refractivity contribution in [3.05, 3.63) is 29.0 Å². The third-order valence-corrected chi connectivity index (χ3v) is 3.50. The van der Waals surface area contributed by atoms with E-state index in [2.05, 4.69) is 23.4 Å². The summed E-state index contributed by atoms with van der Waals surface area (Å²) in [5.74, 6) is 1.80. The van der Waals surface area contributed by atoms with Crippen LogP contribution in [-0.4, -0.2) is 16.1 Å². The topological polar surface area (TPSA) is 43.8 Å². The van der Waals surface area contributed by atoms with Crippen molar-refractivity contribution >= 4 is 22.6 Å². The Morgan fingerprint density at radius 2 is 2.12 bits per heavy atom. The van der Waals surface area contributed by atoms with Crippen molar-refractivity contribution in [1.29, 1.82) is 0 Å². The number of nitrogens with zero attached hydrogens (tertiary/aromatic N) is 2. The molecular formula is C13H18ClN3. The van der Waals surface area contributed by atoms with E-state index in [1.807, 2.05) is 25.2 Å². The van der Waals surface area contributed by atoms with Gasteiger partial charge in [0.05, 0.1) is 11.0 Å². The third-order valence-electron chi connectivity index (χ3n) is 3.27. The van der Waals surface area contributed by atoms with Gasteiger partial charge in [0.25, 0.3) is 0 Å². The van der Waals surface area contributed by atoms with Gasteiger partial charge in [-0.15, -0.1) is 0 Å². The van der Waals surface area contributed by atoms with Gasteiger partial charge in [-0.2, -0.15) is 0 Å². The summed E-state index contributed by atoms with van der Waals surface area (Å²) in [5, 5.41) is 0.737. The normalized spacial score (nSPS) is 13.5. The van der Waals surface area contributed by atoms with Gasteiger partial charge in [0, 0.05) is 24.5 Å². The molecule has 0 spiro atoms. The van der Waals surface area contributed by atoms with Gasteiger partial charge in [0.15, 0.2) is 0 Å². The SMILES string of the molecule is CC(C)C(CN)c1nc2ccc(Cl)cc2n1C. The molecule has 4 heteroatoms. The molecule has 1 atom stereocenters. The first-order valence-corrected chi connectivity index (χ1v) is 6.24. The molecule has 0 amide bonds. The monoisotopic (exact) mass is 251 g/mol. The van der Waals surface area contributed by atoms with Gasteiger partial charge in [-0.1, -0.05) is 25.4 Å². The number of nitrogens with two attached hydrogens (primary N) is 1. The highest BCUT2D eigenvalue weighted by Gasteiger charge is 2.20. The Balaban J connectivity index is 2.59. The van der Waals surface area contributed by atoms with Crippen molar-refractivity contribution in [2.45, 2.75) is 19.8 Å². The fourth-order valence-corrected chi connectivity index (χ4v) is 2.36. The second-order valence-corrected chi connectivity index (χ2v) is 5.18. The highest BCUT2D eigenvalue weighted by atomic mass is 35.5. The molecule has 2 rings (SSSR count). The number of hydrogen-bond donors (Lipinski definition) is 1. The van der Waals surface area contributed by atoms with Gasteiger partial charge in [-0.25, -0.2) is 4.98 Å². The number of benzene rings is 1. The van der Waals surface area contributed by atoms with Crippen LogP contribution in [0.15, 0.2) is 18.2 Å². The van der Waals surface area contributed by atoms with Crippen LogP contribution in [0.1, 0.15) is 25.6 Å². The lowest BCUT2D eigenvalue weighted by Crippen LogP contribution is -2.21. The molecule has 0 radical (unpaired) electrons. The summed E-state index contributed by atoms with van der Waals surface area (Å²) >= 11 is 6.01. The lowest BCUT2D eigenvalue weighted by Gasteiger charge is -2.18. The summed E-state index contributed by atoms with van der Waals surface area (Å²) < 4.78 is 2.10. The summed E-state index contributed by atoms with van der Waals surface area (Å²) in [4.78, 5) is 4.67. The molecular weight excluding hydrogens is 234 g/mol. The molecule has 1 unspecified atom stereocenters. The maximum atomic E-state index is 6.01. The molecule has 0 bridgehead atoms. The van der Waals surface area contributed by atoms with Crippen LogP contribution in [0.4, 0.5) is 0 Å². The minimum absolute atomic E-state index is 0.283. The molecule has 2 aromatic rings. The zero-order valence-electron chi connectivity index (χ0n) is 10.4. The molecule has 0 aliphatic heterocycles. The van der Waals surface area contributed by atoms with Gasteiger partial charge in [0.1, 0.15) is 5.82 Å². The molecule has 1 aromatic heterocycles. The standard InChI is InChI=1S/C13H18ClN3/c1-8(2)10(7-15)13-16-11-5-4-9(14)6-12(11)17(13)3/h4-6,8,10H,7,15H2,1-3H3. The minimum atomic E-state index is 0.283.